The lowest BCUT2D eigenvalue weighted by Gasteiger charge is -2.30. The van der Waals surface area contributed by atoms with Gasteiger partial charge in [0.15, 0.2) is 5.96 Å². The third kappa shape index (κ3) is 3.84. The highest BCUT2D eigenvalue weighted by atomic mass is 35.5. The molecule has 1 unspecified atom stereocenters. The summed E-state index contributed by atoms with van der Waals surface area (Å²) in [5, 5.41) is 12.6. The van der Waals surface area contributed by atoms with Crippen LogP contribution in [0.2, 0.25) is 5.02 Å². The lowest BCUT2D eigenvalue weighted by atomic mass is 9.83. The fraction of sp³-hybridized carbons (Fsp3) is 0.417. The Kier molecular flexibility index (Phi) is 5.46. The van der Waals surface area contributed by atoms with E-state index in [0.717, 1.165) is 62.4 Å². The summed E-state index contributed by atoms with van der Waals surface area (Å²) in [6.45, 7) is 4.48. The van der Waals surface area contributed by atoms with Gasteiger partial charge < -0.3 is 10.1 Å². The minimum Gasteiger partial charge on any atom is -0.379 e. The number of nitrogens with one attached hydrogen (secondary N) is 2. The molecule has 0 spiro atoms. The number of hydrogen-bond acceptors (Lipinski definition) is 4. The molecule has 6 nitrogen and oxygen atoms in total. The molecule has 3 aliphatic rings. The van der Waals surface area contributed by atoms with Crippen molar-refractivity contribution in [2.45, 2.75) is 18.4 Å². The third-order valence-electron chi connectivity index (χ3n) is 6.58. The predicted molar refractivity (Wildman–Crippen MR) is 121 cm³/mol. The van der Waals surface area contributed by atoms with Gasteiger partial charge in [-0.3, -0.25) is 20.0 Å². The second kappa shape index (κ2) is 8.26. The summed E-state index contributed by atoms with van der Waals surface area (Å²) in [6.07, 6.45) is 1.98. The lowest BCUT2D eigenvalue weighted by Crippen LogP contribution is -2.47. The summed E-state index contributed by atoms with van der Waals surface area (Å²) < 4.78 is 5.41. The molecule has 0 bridgehead atoms. The van der Waals surface area contributed by atoms with Gasteiger partial charge >= 0.3 is 0 Å². The van der Waals surface area contributed by atoms with Crippen molar-refractivity contribution in [3.8, 4) is 11.1 Å². The molecule has 1 saturated carbocycles. The van der Waals surface area contributed by atoms with Crippen LogP contribution in [0.25, 0.3) is 11.1 Å². The Bertz CT molecular complexity index is 1000. The molecule has 1 aliphatic carbocycles. The molecular weight excluding hydrogens is 412 g/mol. The van der Waals surface area contributed by atoms with Crippen molar-refractivity contribution in [2.75, 3.05) is 39.4 Å². The second-order valence-corrected chi connectivity index (χ2v) is 8.99. The summed E-state index contributed by atoms with van der Waals surface area (Å²) in [6, 6.07) is 15.9. The molecule has 162 valence electrons. The van der Waals surface area contributed by atoms with Crippen LogP contribution in [0.5, 0.6) is 0 Å². The highest BCUT2D eigenvalue weighted by Crippen LogP contribution is 2.49. The third-order valence-corrected chi connectivity index (χ3v) is 6.81. The number of hydrogen-bond donors (Lipinski definition) is 2. The van der Waals surface area contributed by atoms with E-state index in [1.54, 1.807) is 4.90 Å². The molecule has 7 heteroatoms. The minimum atomic E-state index is -0.851. The van der Waals surface area contributed by atoms with E-state index in [4.69, 9.17) is 21.7 Å². The number of guanidine groups is 1. The van der Waals surface area contributed by atoms with Crippen LogP contribution in [0.4, 0.5) is 0 Å². The van der Waals surface area contributed by atoms with Crippen LogP contribution in [0.1, 0.15) is 18.4 Å². The molecule has 2 heterocycles. The monoisotopic (exact) mass is 438 g/mol. The minimum absolute atomic E-state index is 0.00324. The van der Waals surface area contributed by atoms with Crippen LogP contribution in [-0.2, 0) is 15.1 Å². The van der Waals surface area contributed by atoms with Gasteiger partial charge in [-0.2, -0.15) is 0 Å². The van der Waals surface area contributed by atoms with Crippen molar-refractivity contribution < 1.29 is 9.53 Å². The van der Waals surface area contributed by atoms with E-state index in [1.807, 2.05) is 42.5 Å². The number of carbonyl (C=O) groups is 1. The van der Waals surface area contributed by atoms with Crippen molar-refractivity contribution in [1.82, 2.24) is 15.1 Å². The van der Waals surface area contributed by atoms with Crippen molar-refractivity contribution in [2.24, 2.45) is 5.92 Å². The Balaban J connectivity index is 1.43. The second-order valence-electron chi connectivity index (χ2n) is 8.56. The van der Waals surface area contributed by atoms with Gasteiger partial charge in [-0.1, -0.05) is 41.9 Å². The topological polar surface area (TPSA) is 68.7 Å². The zero-order valence-corrected chi connectivity index (χ0v) is 18.2. The van der Waals surface area contributed by atoms with Crippen molar-refractivity contribution in [3.63, 3.8) is 0 Å². The van der Waals surface area contributed by atoms with Gasteiger partial charge in [-0.15, -0.1) is 0 Å². The van der Waals surface area contributed by atoms with E-state index >= 15 is 0 Å². The normalized spacial score (nSPS) is 24.5. The summed E-state index contributed by atoms with van der Waals surface area (Å²) in [7, 11) is 0. The van der Waals surface area contributed by atoms with E-state index in [0.29, 0.717) is 11.6 Å². The first-order chi connectivity index (χ1) is 15.1. The highest BCUT2D eigenvalue weighted by molar-refractivity contribution is 6.30. The van der Waals surface area contributed by atoms with Gasteiger partial charge in [0.1, 0.15) is 5.54 Å². The Hall–Kier alpha value is -2.41. The number of carbonyl (C=O) groups excluding carboxylic acids is 1. The fourth-order valence-electron chi connectivity index (χ4n) is 4.74. The van der Waals surface area contributed by atoms with E-state index in [-0.39, 0.29) is 17.8 Å². The first-order valence-electron chi connectivity index (χ1n) is 10.9. The van der Waals surface area contributed by atoms with Crippen LogP contribution in [0.15, 0.2) is 48.5 Å². The molecule has 2 aromatic carbocycles. The smallest absolute Gasteiger partial charge is 0.260 e. The van der Waals surface area contributed by atoms with Gasteiger partial charge in [0.25, 0.3) is 5.91 Å². The molecule has 0 aromatic heterocycles. The quantitative estimate of drug-likeness (QED) is 0.726. The number of morpholine rings is 1. The number of rotatable bonds is 6. The van der Waals surface area contributed by atoms with Crippen LogP contribution in [0, 0.1) is 11.3 Å². The molecule has 31 heavy (non-hydrogen) atoms. The van der Waals surface area contributed by atoms with Crippen molar-refractivity contribution in [3.05, 3.63) is 59.1 Å². The molecule has 1 atom stereocenters. The maximum atomic E-state index is 13.8. The molecular formula is C24H27ClN4O2. The van der Waals surface area contributed by atoms with Gasteiger partial charge in [-0.05, 0) is 53.6 Å². The van der Waals surface area contributed by atoms with E-state index in [9.17, 15) is 4.79 Å². The van der Waals surface area contributed by atoms with E-state index in [2.05, 4.69) is 16.3 Å². The Morgan fingerprint density at radius 3 is 2.48 bits per heavy atom. The Labute approximate surface area is 187 Å². The molecule has 5 rings (SSSR count). The SMILES string of the molecule is N=C1NC(c2cccc(-c3cccc(Cl)c3)c2)(C2CC2)C(=O)N1CCN1CCOCC1. The molecule has 2 saturated heterocycles. The highest BCUT2D eigenvalue weighted by Gasteiger charge is 2.59. The summed E-state index contributed by atoms with van der Waals surface area (Å²) in [4.78, 5) is 17.7. The van der Waals surface area contributed by atoms with E-state index < -0.39 is 5.54 Å². The number of ether oxygens (including phenoxy) is 1. The van der Waals surface area contributed by atoms with Crippen LogP contribution in [-0.4, -0.2) is 61.1 Å². The molecule has 2 aliphatic heterocycles. The zero-order chi connectivity index (χ0) is 21.4. The number of amides is 1. The van der Waals surface area contributed by atoms with E-state index in [1.165, 1.54) is 0 Å². The first kappa shape index (κ1) is 20.5. The van der Waals surface area contributed by atoms with Crippen LogP contribution >= 0.6 is 11.6 Å². The van der Waals surface area contributed by atoms with Gasteiger partial charge in [0.05, 0.1) is 13.2 Å². The number of nitrogens with zero attached hydrogens (tertiary/aromatic N) is 2. The first-order valence-corrected chi connectivity index (χ1v) is 11.3. The average Bonchev–Trinajstić information content (AvgIpc) is 3.60. The summed E-state index contributed by atoms with van der Waals surface area (Å²) in [5.74, 6) is 0.415. The molecule has 2 N–H and O–H groups in total. The Morgan fingerprint density at radius 2 is 1.77 bits per heavy atom. The largest absolute Gasteiger partial charge is 0.379 e. The molecule has 2 aromatic rings. The maximum absolute atomic E-state index is 13.8. The van der Waals surface area contributed by atoms with Gasteiger partial charge in [0.2, 0.25) is 0 Å². The van der Waals surface area contributed by atoms with Crippen LogP contribution in [0.3, 0.4) is 0 Å². The fourth-order valence-corrected chi connectivity index (χ4v) is 4.93. The van der Waals surface area contributed by atoms with Crippen molar-refractivity contribution in [1.29, 1.82) is 5.41 Å². The van der Waals surface area contributed by atoms with Gasteiger partial charge in [0, 0.05) is 31.2 Å². The standard InChI is InChI=1S/C24H27ClN4O2/c25-21-6-2-4-18(16-21)17-3-1-5-20(15-17)24(19-7-8-19)22(30)29(23(26)27-24)10-9-28-11-13-31-14-12-28/h1-6,15-16,19H,7-14H2,(H2,26,27). The summed E-state index contributed by atoms with van der Waals surface area (Å²) >= 11 is 6.20. The molecule has 1 amide bonds. The van der Waals surface area contributed by atoms with Crippen LogP contribution < -0.4 is 5.32 Å². The predicted octanol–water partition coefficient (Wildman–Crippen LogP) is 3.31. The van der Waals surface area contributed by atoms with Crippen molar-refractivity contribution >= 4 is 23.5 Å². The molecule has 3 fully saturated rings. The zero-order valence-electron chi connectivity index (χ0n) is 17.4. The summed E-state index contributed by atoms with van der Waals surface area (Å²) in [5.41, 5.74) is 2.12. The van der Waals surface area contributed by atoms with Gasteiger partial charge in [-0.25, -0.2) is 0 Å². The maximum Gasteiger partial charge on any atom is 0.260 e. The molecule has 0 radical (unpaired) electrons. The average molecular weight is 439 g/mol. The number of halogens is 1. The number of benzene rings is 2. The Morgan fingerprint density at radius 1 is 1.06 bits per heavy atom. The lowest BCUT2D eigenvalue weighted by molar-refractivity contribution is -0.132.